The van der Waals surface area contributed by atoms with Crippen molar-refractivity contribution in [1.82, 2.24) is 24.6 Å². The summed E-state index contributed by atoms with van der Waals surface area (Å²) in [5, 5.41) is 11.0. The van der Waals surface area contributed by atoms with Crippen LogP contribution in [-0.4, -0.2) is 31.3 Å². The fraction of sp³-hybridized carbons (Fsp3) is 0.0625. The SMILES string of the molecule is Cn1nc(C(=O)N/N=C\c2c(Cl)nc3sccn23)c2ccccc2c1=O. The quantitative estimate of drug-likeness (QED) is 0.430. The predicted octanol–water partition coefficient (Wildman–Crippen LogP) is 2.06. The Hall–Kier alpha value is -3.04. The van der Waals surface area contributed by atoms with Crippen LogP contribution in [-0.2, 0) is 7.05 Å². The minimum Gasteiger partial charge on any atom is -0.288 e. The van der Waals surface area contributed by atoms with Crippen LogP contribution in [0.15, 0.2) is 45.7 Å². The van der Waals surface area contributed by atoms with Gasteiger partial charge < -0.3 is 0 Å². The van der Waals surface area contributed by atoms with Gasteiger partial charge in [0.2, 0.25) is 0 Å². The van der Waals surface area contributed by atoms with Gasteiger partial charge in [-0.2, -0.15) is 10.2 Å². The summed E-state index contributed by atoms with van der Waals surface area (Å²) in [6, 6.07) is 6.80. The number of aryl methyl sites for hydroxylation is 1. The summed E-state index contributed by atoms with van der Waals surface area (Å²) >= 11 is 7.52. The molecule has 0 aliphatic rings. The van der Waals surface area contributed by atoms with Crippen molar-refractivity contribution >= 4 is 50.8 Å². The third kappa shape index (κ3) is 2.67. The molecule has 0 atom stereocenters. The first-order chi connectivity index (χ1) is 12.6. The second-order valence-electron chi connectivity index (χ2n) is 5.37. The topological polar surface area (TPSA) is 93.7 Å². The zero-order valence-electron chi connectivity index (χ0n) is 13.4. The first kappa shape index (κ1) is 16.4. The monoisotopic (exact) mass is 386 g/mol. The molecule has 4 aromatic rings. The predicted molar refractivity (Wildman–Crippen MR) is 100 cm³/mol. The van der Waals surface area contributed by atoms with E-state index in [2.05, 4.69) is 20.6 Å². The summed E-state index contributed by atoms with van der Waals surface area (Å²) in [7, 11) is 1.49. The number of aromatic nitrogens is 4. The van der Waals surface area contributed by atoms with E-state index in [-0.39, 0.29) is 11.3 Å². The molecule has 0 aliphatic heterocycles. The van der Waals surface area contributed by atoms with Crippen LogP contribution < -0.4 is 11.0 Å². The van der Waals surface area contributed by atoms with Crippen LogP contribution in [0.5, 0.6) is 0 Å². The highest BCUT2D eigenvalue weighted by atomic mass is 35.5. The van der Waals surface area contributed by atoms with Crippen LogP contribution in [0, 0.1) is 0 Å². The summed E-state index contributed by atoms with van der Waals surface area (Å²) in [6.07, 6.45) is 3.22. The van der Waals surface area contributed by atoms with Crippen LogP contribution in [0.25, 0.3) is 15.7 Å². The lowest BCUT2D eigenvalue weighted by atomic mass is 10.1. The molecular weight excluding hydrogens is 376 g/mol. The van der Waals surface area contributed by atoms with Gasteiger partial charge in [-0.1, -0.05) is 29.8 Å². The number of carbonyl (C=O) groups excluding carboxylic acids is 1. The highest BCUT2D eigenvalue weighted by Gasteiger charge is 2.15. The largest absolute Gasteiger partial charge is 0.292 e. The first-order valence-corrected chi connectivity index (χ1v) is 8.72. The van der Waals surface area contributed by atoms with Crippen molar-refractivity contribution in [2.75, 3.05) is 0 Å². The summed E-state index contributed by atoms with van der Waals surface area (Å²) in [4.78, 5) is 29.5. The maximum Gasteiger partial charge on any atom is 0.292 e. The molecule has 1 amide bonds. The number of hydrazone groups is 1. The average Bonchev–Trinajstić information content (AvgIpc) is 3.20. The Labute approximate surface area is 155 Å². The summed E-state index contributed by atoms with van der Waals surface area (Å²) in [5.74, 6) is -0.532. The highest BCUT2D eigenvalue weighted by molar-refractivity contribution is 7.15. The summed E-state index contributed by atoms with van der Waals surface area (Å²) < 4.78 is 2.90. The van der Waals surface area contributed by atoms with Crippen molar-refractivity contribution < 1.29 is 4.79 Å². The number of benzene rings is 1. The van der Waals surface area contributed by atoms with Crippen molar-refractivity contribution in [2.24, 2.45) is 12.1 Å². The first-order valence-electron chi connectivity index (χ1n) is 7.47. The van der Waals surface area contributed by atoms with Gasteiger partial charge in [0.05, 0.1) is 11.6 Å². The van der Waals surface area contributed by atoms with Gasteiger partial charge in [-0.25, -0.2) is 15.1 Å². The molecule has 1 aromatic carbocycles. The van der Waals surface area contributed by atoms with Crippen LogP contribution >= 0.6 is 22.9 Å². The molecule has 130 valence electrons. The van der Waals surface area contributed by atoms with E-state index in [1.165, 1.54) is 24.6 Å². The Morgan fingerprint density at radius 1 is 1.35 bits per heavy atom. The Bertz CT molecular complexity index is 1240. The number of carbonyl (C=O) groups is 1. The molecule has 26 heavy (non-hydrogen) atoms. The molecule has 3 aromatic heterocycles. The molecule has 0 radical (unpaired) electrons. The third-order valence-electron chi connectivity index (χ3n) is 3.78. The van der Waals surface area contributed by atoms with Crippen molar-refractivity contribution in [1.29, 1.82) is 0 Å². The second-order valence-corrected chi connectivity index (χ2v) is 6.60. The summed E-state index contributed by atoms with van der Waals surface area (Å²) in [6.45, 7) is 0. The van der Waals surface area contributed by atoms with Gasteiger partial charge in [-0.15, -0.1) is 11.3 Å². The number of hydrogen-bond acceptors (Lipinski definition) is 6. The van der Waals surface area contributed by atoms with Gasteiger partial charge in [-0.3, -0.25) is 14.0 Å². The standard InChI is InChI=1S/C16H11ClN6O2S/c1-22-15(25)10-5-3-2-4-9(10)12(21-22)14(24)20-18-8-11-13(17)19-16-23(11)6-7-26-16/h2-8H,1H3,(H,20,24)/b18-8-. The van der Waals surface area contributed by atoms with Crippen LogP contribution in [0.3, 0.4) is 0 Å². The number of nitrogens with zero attached hydrogens (tertiary/aromatic N) is 5. The molecule has 0 fully saturated rings. The third-order valence-corrected chi connectivity index (χ3v) is 4.81. The lowest BCUT2D eigenvalue weighted by Crippen LogP contribution is -2.27. The molecule has 0 unspecified atom stereocenters. The minimum atomic E-state index is -0.532. The van der Waals surface area contributed by atoms with Gasteiger partial charge >= 0.3 is 0 Å². The molecule has 0 spiro atoms. The van der Waals surface area contributed by atoms with Crippen molar-refractivity contribution in [3.8, 4) is 0 Å². The van der Waals surface area contributed by atoms with Crippen LogP contribution in [0.2, 0.25) is 5.15 Å². The molecule has 0 aliphatic carbocycles. The highest BCUT2D eigenvalue weighted by Crippen LogP contribution is 2.19. The molecule has 3 heterocycles. The van der Waals surface area contributed by atoms with E-state index in [4.69, 9.17) is 11.6 Å². The molecule has 0 bridgehead atoms. The number of amides is 1. The van der Waals surface area contributed by atoms with Gasteiger partial charge in [0.15, 0.2) is 15.8 Å². The molecule has 10 heteroatoms. The van der Waals surface area contributed by atoms with Crippen molar-refractivity contribution in [3.05, 3.63) is 62.7 Å². The van der Waals surface area contributed by atoms with E-state index in [0.29, 0.717) is 21.6 Å². The second kappa shape index (κ2) is 6.36. The maximum absolute atomic E-state index is 12.5. The molecule has 8 nitrogen and oxygen atoms in total. The number of thiazole rings is 1. The fourth-order valence-corrected chi connectivity index (χ4v) is 3.56. The van der Waals surface area contributed by atoms with E-state index in [1.807, 2.05) is 11.6 Å². The number of rotatable bonds is 3. The maximum atomic E-state index is 12.5. The Kier molecular flexibility index (Phi) is 4.02. The van der Waals surface area contributed by atoms with E-state index in [9.17, 15) is 9.59 Å². The number of halogens is 1. The van der Waals surface area contributed by atoms with E-state index in [1.54, 1.807) is 28.7 Å². The lowest BCUT2D eigenvalue weighted by Gasteiger charge is -2.06. The van der Waals surface area contributed by atoms with Crippen LogP contribution in [0.4, 0.5) is 0 Å². The molecule has 0 saturated heterocycles. The lowest BCUT2D eigenvalue weighted by molar-refractivity contribution is 0.0950. The Balaban J connectivity index is 1.66. The minimum absolute atomic E-state index is 0.111. The average molecular weight is 387 g/mol. The zero-order chi connectivity index (χ0) is 18.3. The van der Waals surface area contributed by atoms with Crippen LogP contribution in [0.1, 0.15) is 16.2 Å². The molecule has 1 N–H and O–H groups in total. The van der Waals surface area contributed by atoms with Crippen molar-refractivity contribution in [2.45, 2.75) is 0 Å². The molecule has 0 saturated carbocycles. The summed E-state index contributed by atoms with van der Waals surface area (Å²) in [5.41, 5.74) is 2.81. The zero-order valence-corrected chi connectivity index (χ0v) is 15.0. The molecule has 4 rings (SSSR count). The van der Waals surface area contributed by atoms with Crippen molar-refractivity contribution in [3.63, 3.8) is 0 Å². The number of hydrogen-bond donors (Lipinski definition) is 1. The van der Waals surface area contributed by atoms with E-state index < -0.39 is 5.91 Å². The van der Waals surface area contributed by atoms with E-state index in [0.717, 1.165) is 9.64 Å². The molecular formula is C16H11ClN6O2S. The Morgan fingerprint density at radius 3 is 2.92 bits per heavy atom. The Morgan fingerprint density at radius 2 is 2.12 bits per heavy atom. The van der Waals surface area contributed by atoms with Gasteiger partial charge in [0, 0.05) is 24.0 Å². The smallest absolute Gasteiger partial charge is 0.288 e. The van der Waals surface area contributed by atoms with Gasteiger partial charge in [0.25, 0.3) is 11.5 Å². The number of fused-ring (bicyclic) bond motifs is 2. The fourth-order valence-electron chi connectivity index (χ4n) is 2.56. The van der Waals surface area contributed by atoms with Gasteiger partial charge in [0.1, 0.15) is 5.69 Å². The number of nitrogens with one attached hydrogen (secondary N) is 1. The van der Waals surface area contributed by atoms with E-state index >= 15 is 0 Å². The van der Waals surface area contributed by atoms with Gasteiger partial charge in [-0.05, 0) is 6.07 Å². The number of imidazole rings is 1. The normalized spacial score (nSPS) is 11.6.